The number of ether oxygens (including phenoxy) is 3. The van der Waals surface area contributed by atoms with Crippen LogP contribution in [0.25, 0.3) is 18.2 Å². The number of nitrogens with zero attached hydrogens (tertiary/aromatic N) is 7. The van der Waals surface area contributed by atoms with Crippen LogP contribution in [0.2, 0.25) is 0 Å². The van der Waals surface area contributed by atoms with Gasteiger partial charge in [-0.15, -0.1) is 0 Å². The predicted molar refractivity (Wildman–Crippen MR) is 451 cm³/mol. The monoisotopic (exact) mass is 1460 g/mol. The lowest BCUT2D eigenvalue weighted by Crippen LogP contribution is -2.38. The Bertz CT molecular complexity index is 2940. The third-order valence-electron chi connectivity index (χ3n) is 21.1. The second-order valence-corrected chi connectivity index (χ2v) is 32.0. The summed E-state index contributed by atoms with van der Waals surface area (Å²) in [6.45, 7) is 47.4. The van der Waals surface area contributed by atoms with E-state index in [9.17, 15) is 4.79 Å². The lowest BCUT2D eigenvalue weighted by Gasteiger charge is -2.32. The Kier molecular flexibility index (Phi) is 47.5. The van der Waals surface area contributed by atoms with Crippen molar-refractivity contribution in [2.45, 2.75) is 171 Å². The summed E-state index contributed by atoms with van der Waals surface area (Å²) in [5.74, 6) is 6.59. The number of carbonyl (C=O) groups is 1. The molecule has 4 aromatic rings. The summed E-state index contributed by atoms with van der Waals surface area (Å²) in [4.78, 5) is 28.4. The lowest BCUT2D eigenvalue weighted by atomic mass is 10.0. The molecule has 15 heteroatoms. The summed E-state index contributed by atoms with van der Waals surface area (Å²) >= 11 is 0. The summed E-state index contributed by atoms with van der Waals surface area (Å²) in [6.07, 6.45) is 28.4. The van der Waals surface area contributed by atoms with Crippen molar-refractivity contribution in [2.75, 3.05) is 178 Å². The van der Waals surface area contributed by atoms with Crippen LogP contribution in [0.4, 0.5) is 0 Å². The van der Waals surface area contributed by atoms with Crippen LogP contribution < -0.4 is 35.9 Å². The number of hydrogen-bond donors (Lipinski definition) is 4. The molecule has 15 nitrogen and oxygen atoms in total. The standard InChI is InChI=1S/C29H40N2O4.2C19H30N2.C9H20N2.C9H16N2.C6H13N/c1-22-11-9-14-30(20-22)15-10-16-31(21-23(2)17-24-12-7-6-8-13-24)29(32)25-18-26(33-3)28(35-5)27(19-25)34-4;2*1-17-8-6-12-21(16-17)13-7-11-20-15-18(2)14-19-9-4-3-5-10-19;2*1-9-4-2-6-11(8-9)7-3-5-10;1-6-3-2-4-7-5-6/h6-8,12-13,17-19,22H,9-11,14-16,20-21H2,1-5H3;2*3-5,9-10,14,17,20H,6-8,11-13,15-16H2,1-2H3;9H,2-8,10H2,1H3;9H,2-4,6-8H2,1H3;6-7H,2-5H2,1H3/b23-17+;2*18-14+;;;. The third kappa shape index (κ3) is 40.0. The number of nitrogens with two attached hydrogens (primary N) is 1. The average molecular weight is 1460 g/mol. The van der Waals surface area contributed by atoms with Crippen LogP contribution in [0.3, 0.4) is 0 Å². The highest BCUT2D eigenvalue weighted by atomic mass is 16.5. The fraction of sp³-hybridized carbons (Fsp3) is 0.648. The predicted octanol–water partition coefficient (Wildman–Crippen LogP) is 16.7. The number of nitriles is 1. The van der Waals surface area contributed by atoms with E-state index in [4.69, 9.17) is 25.2 Å². The topological polar surface area (TPSA) is 150 Å². The highest BCUT2D eigenvalue weighted by Crippen LogP contribution is 2.39. The maximum atomic E-state index is 13.7. The summed E-state index contributed by atoms with van der Waals surface area (Å²) < 4.78 is 16.4. The first-order valence-electron chi connectivity index (χ1n) is 41.5. The number of likely N-dealkylation sites (tertiary alicyclic amines) is 5. The molecule has 6 aliphatic rings. The van der Waals surface area contributed by atoms with Gasteiger partial charge in [-0.1, -0.05) is 167 Å². The molecule has 6 fully saturated rings. The van der Waals surface area contributed by atoms with Gasteiger partial charge < -0.3 is 65.3 Å². The molecule has 5 N–H and O–H groups in total. The van der Waals surface area contributed by atoms with Gasteiger partial charge >= 0.3 is 0 Å². The Hall–Kier alpha value is -5.90. The van der Waals surface area contributed by atoms with Crippen LogP contribution in [0, 0.1) is 46.8 Å². The van der Waals surface area contributed by atoms with E-state index >= 15 is 0 Å². The molecule has 0 spiro atoms. The SMILES string of the molecule is C/C(=C\c1ccccc1)CNCCCN1CCCC(C)C1.C/C(=C\c1ccccc1)CNCCCN1CCCC(C)C1.CC1CCCN(CCC#N)C1.CC1CCCN(CCCN)C1.CC1CCCNC1.COc1cc(C(=O)N(CCCN2CCCC(C)C2)C/C(C)=C/c2ccccc2)cc(OC)c1OC. The molecule has 106 heavy (non-hydrogen) atoms. The summed E-state index contributed by atoms with van der Waals surface area (Å²) in [5.41, 5.74) is 13.6. The van der Waals surface area contributed by atoms with E-state index in [-0.39, 0.29) is 5.91 Å². The van der Waals surface area contributed by atoms with Crippen molar-refractivity contribution in [3.8, 4) is 23.3 Å². The molecule has 0 aliphatic carbocycles. The van der Waals surface area contributed by atoms with E-state index < -0.39 is 0 Å². The van der Waals surface area contributed by atoms with Crippen molar-refractivity contribution < 1.29 is 19.0 Å². The molecule has 4 aromatic carbocycles. The quantitative estimate of drug-likeness (QED) is 0.0367. The van der Waals surface area contributed by atoms with Crippen LogP contribution in [-0.4, -0.2) is 214 Å². The van der Waals surface area contributed by atoms with Gasteiger partial charge in [-0.05, 0) is 279 Å². The Morgan fingerprint density at radius 3 is 1.21 bits per heavy atom. The number of methoxy groups -OCH3 is 3. The Balaban J connectivity index is 0.000000246. The first kappa shape index (κ1) is 90.7. The van der Waals surface area contributed by atoms with Gasteiger partial charge in [-0.2, -0.15) is 5.26 Å². The number of rotatable bonds is 30. The summed E-state index contributed by atoms with van der Waals surface area (Å²) in [6, 6.07) is 37.0. The number of piperidine rings is 6. The molecule has 6 heterocycles. The minimum absolute atomic E-state index is 0.0444. The molecule has 0 saturated carbocycles. The minimum atomic E-state index is -0.0444. The van der Waals surface area contributed by atoms with Crippen molar-refractivity contribution in [3.05, 3.63) is 142 Å². The average Bonchev–Trinajstić information content (AvgIpc) is 0.810. The van der Waals surface area contributed by atoms with Gasteiger partial charge in [-0.25, -0.2) is 0 Å². The number of nitrogens with one attached hydrogen (secondary N) is 3. The van der Waals surface area contributed by atoms with E-state index in [2.05, 4.69) is 200 Å². The van der Waals surface area contributed by atoms with Crippen molar-refractivity contribution in [1.29, 1.82) is 5.26 Å². The van der Waals surface area contributed by atoms with Crippen molar-refractivity contribution >= 4 is 24.1 Å². The molecule has 10 rings (SSSR count). The van der Waals surface area contributed by atoms with E-state index in [1.165, 1.54) is 197 Å². The summed E-state index contributed by atoms with van der Waals surface area (Å²) in [5, 5.41) is 18.8. The zero-order chi connectivity index (χ0) is 76.4. The van der Waals surface area contributed by atoms with Crippen LogP contribution in [0.1, 0.15) is 199 Å². The Morgan fingerprint density at radius 2 is 0.877 bits per heavy atom. The van der Waals surface area contributed by atoms with Crippen molar-refractivity contribution in [1.82, 2.24) is 45.3 Å². The molecule has 1 amide bonds. The zero-order valence-corrected chi connectivity index (χ0v) is 68.8. The van der Waals surface area contributed by atoms with Gasteiger partial charge in [0.1, 0.15) is 0 Å². The Morgan fingerprint density at radius 1 is 0.509 bits per heavy atom. The van der Waals surface area contributed by atoms with Crippen LogP contribution in [0.15, 0.2) is 120 Å². The fourth-order valence-corrected chi connectivity index (χ4v) is 15.5. The largest absolute Gasteiger partial charge is 0.493 e. The van der Waals surface area contributed by atoms with E-state index in [1.54, 1.807) is 33.5 Å². The fourth-order valence-electron chi connectivity index (χ4n) is 15.5. The van der Waals surface area contributed by atoms with Gasteiger partial charge in [0.25, 0.3) is 5.91 Å². The number of benzene rings is 4. The van der Waals surface area contributed by atoms with E-state index in [1.807, 2.05) is 23.1 Å². The smallest absolute Gasteiger partial charge is 0.254 e. The van der Waals surface area contributed by atoms with Gasteiger partial charge in [-0.3, -0.25) is 4.79 Å². The van der Waals surface area contributed by atoms with Crippen molar-refractivity contribution in [2.24, 2.45) is 41.2 Å². The number of carbonyl (C=O) groups excluding carboxylic acids is 1. The van der Waals surface area contributed by atoms with Gasteiger partial charge in [0, 0.05) is 77.4 Å². The summed E-state index contributed by atoms with van der Waals surface area (Å²) in [7, 11) is 4.69. The van der Waals surface area contributed by atoms with Crippen LogP contribution in [0.5, 0.6) is 17.2 Å². The highest BCUT2D eigenvalue weighted by molar-refractivity contribution is 5.96. The number of amides is 1. The minimum Gasteiger partial charge on any atom is -0.493 e. The maximum Gasteiger partial charge on any atom is 0.254 e. The normalized spacial score (nSPS) is 21.4. The maximum absolute atomic E-state index is 13.7. The molecule has 0 radical (unpaired) electrons. The van der Waals surface area contributed by atoms with Crippen LogP contribution in [-0.2, 0) is 0 Å². The first-order chi connectivity index (χ1) is 51.5. The van der Waals surface area contributed by atoms with Crippen LogP contribution >= 0.6 is 0 Å². The van der Waals surface area contributed by atoms with E-state index in [0.717, 1.165) is 118 Å². The third-order valence-corrected chi connectivity index (χ3v) is 21.1. The highest BCUT2D eigenvalue weighted by Gasteiger charge is 2.24. The van der Waals surface area contributed by atoms with Crippen molar-refractivity contribution in [3.63, 3.8) is 0 Å². The molecule has 6 aliphatic heterocycles. The molecule has 6 saturated heterocycles. The molecule has 592 valence electrons. The lowest BCUT2D eigenvalue weighted by molar-refractivity contribution is 0.0757. The van der Waals surface area contributed by atoms with Gasteiger partial charge in [0.05, 0.1) is 27.4 Å². The van der Waals surface area contributed by atoms with E-state index in [0.29, 0.717) is 42.3 Å². The second-order valence-electron chi connectivity index (χ2n) is 32.0. The molecule has 0 bridgehead atoms. The molecule has 0 aromatic heterocycles. The number of hydrogen-bond acceptors (Lipinski definition) is 14. The first-order valence-corrected chi connectivity index (χ1v) is 41.5. The molecule has 6 unspecified atom stereocenters. The Labute approximate surface area is 646 Å². The molecular formula is C91H149N11O4. The van der Waals surface area contributed by atoms with Gasteiger partial charge in [0.2, 0.25) is 5.75 Å². The van der Waals surface area contributed by atoms with Gasteiger partial charge in [0.15, 0.2) is 11.5 Å². The molecule has 6 atom stereocenters. The zero-order valence-electron chi connectivity index (χ0n) is 68.8. The molecular weight excluding hydrogens is 1310 g/mol. The second kappa shape index (κ2) is 55.5.